The summed E-state index contributed by atoms with van der Waals surface area (Å²) in [6.45, 7) is 6.00. The zero-order chi connectivity index (χ0) is 20.9. The summed E-state index contributed by atoms with van der Waals surface area (Å²) in [7, 11) is 3.22. The number of hydrogen-bond donors (Lipinski definition) is 1. The third-order valence-corrected chi connectivity index (χ3v) is 4.60. The summed E-state index contributed by atoms with van der Waals surface area (Å²) in [5.74, 6) is 1.63. The lowest BCUT2D eigenvalue weighted by molar-refractivity contribution is -0.119. The SMILES string of the molecule is C=C.COc1ccc(CC(N)CCC(=O)CCc2ccc(Cl)cc2)cc1OC. The Morgan fingerprint density at radius 2 is 1.61 bits per heavy atom. The van der Waals surface area contributed by atoms with Crippen LogP contribution in [0.2, 0.25) is 5.02 Å². The van der Waals surface area contributed by atoms with Crippen LogP contribution in [0.15, 0.2) is 55.6 Å². The van der Waals surface area contributed by atoms with Crippen molar-refractivity contribution >= 4 is 17.4 Å². The molecule has 0 aliphatic heterocycles. The first-order valence-electron chi connectivity index (χ1n) is 9.24. The molecule has 0 saturated carbocycles. The number of rotatable bonds is 10. The van der Waals surface area contributed by atoms with Crippen LogP contribution < -0.4 is 15.2 Å². The van der Waals surface area contributed by atoms with E-state index < -0.39 is 0 Å². The van der Waals surface area contributed by atoms with Gasteiger partial charge in [-0.25, -0.2) is 0 Å². The van der Waals surface area contributed by atoms with E-state index in [1.54, 1.807) is 14.2 Å². The van der Waals surface area contributed by atoms with Crippen molar-refractivity contribution in [1.29, 1.82) is 0 Å². The second-order valence-corrected chi connectivity index (χ2v) is 6.79. The number of benzene rings is 2. The number of halogens is 1. The first kappa shape index (κ1) is 23.7. The molecule has 0 aliphatic carbocycles. The summed E-state index contributed by atoms with van der Waals surface area (Å²) >= 11 is 5.87. The molecular formula is C23H30ClNO3. The van der Waals surface area contributed by atoms with Crippen LogP contribution >= 0.6 is 11.6 Å². The van der Waals surface area contributed by atoms with Gasteiger partial charge in [-0.05, 0) is 54.7 Å². The largest absolute Gasteiger partial charge is 0.493 e. The van der Waals surface area contributed by atoms with Gasteiger partial charge < -0.3 is 15.2 Å². The summed E-state index contributed by atoms with van der Waals surface area (Å²) < 4.78 is 10.5. The van der Waals surface area contributed by atoms with Crippen molar-refractivity contribution in [3.8, 4) is 11.5 Å². The van der Waals surface area contributed by atoms with E-state index in [4.69, 9.17) is 26.8 Å². The maximum Gasteiger partial charge on any atom is 0.160 e. The minimum absolute atomic E-state index is 0.0624. The molecule has 152 valence electrons. The summed E-state index contributed by atoms with van der Waals surface area (Å²) in [6.07, 6.45) is 3.15. The Morgan fingerprint density at radius 1 is 1.00 bits per heavy atom. The third kappa shape index (κ3) is 8.15. The Kier molecular flexibility index (Phi) is 11.0. The van der Waals surface area contributed by atoms with Gasteiger partial charge in [-0.1, -0.05) is 29.8 Å². The highest BCUT2D eigenvalue weighted by atomic mass is 35.5. The fourth-order valence-electron chi connectivity index (χ4n) is 2.82. The molecule has 2 N–H and O–H groups in total. The normalized spacial score (nSPS) is 11.1. The number of carbonyl (C=O) groups excluding carboxylic acids is 1. The first-order valence-corrected chi connectivity index (χ1v) is 9.62. The van der Waals surface area contributed by atoms with Gasteiger partial charge in [0.2, 0.25) is 0 Å². The Bertz CT molecular complexity index is 731. The number of nitrogens with two attached hydrogens (primary N) is 1. The lowest BCUT2D eigenvalue weighted by atomic mass is 9.99. The molecule has 2 rings (SSSR count). The maximum absolute atomic E-state index is 12.1. The number of ketones is 1. The standard InChI is InChI=1S/C21H26ClNO3.C2H4/c1-25-20-12-6-16(14-21(20)26-2)13-18(23)9-11-19(24)10-5-15-3-7-17(22)8-4-15;1-2/h3-4,6-8,12,14,18H,5,9-11,13,23H2,1-2H3;1-2H2. The first-order chi connectivity index (χ1) is 13.5. The Morgan fingerprint density at radius 3 is 2.21 bits per heavy atom. The molecule has 0 aromatic heterocycles. The molecule has 0 radical (unpaired) electrons. The monoisotopic (exact) mass is 403 g/mol. The van der Waals surface area contributed by atoms with Crippen LogP contribution in [-0.4, -0.2) is 26.0 Å². The summed E-state index contributed by atoms with van der Waals surface area (Å²) in [4.78, 5) is 12.1. The number of ether oxygens (including phenoxy) is 2. The second-order valence-electron chi connectivity index (χ2n) is 6.36. The van der Waals surface area contributed by atoms with Crippen molar-refractivity contribution < 1.29 is 14.3 Å². The van der Waals surface area contributed by atoms with E-state index in [1.807, 2.05) is 42.5 Å². The minimum Gasteiger partial charge on any atom is -0.493 e. The van der Waals surface area contributed by atoms with Crippen molar-refractivity contribution in [3.05, 3.63) is 71.8 Å². The van der Waals surface area contributed by atoms with Crippen molar-refractivity contribution in [2.45, 2.75) is 38.1 Å². The smallest absolute Gasteiger partial charge is 0.160 e. The van der Waals surface area contributed by atoms with E-state index in [9.17, 15) is 4.79 Å². The molecule has 4 nitrogen and oxygen atoms in total. The van der Waals surface area contributed by atoms with E-state index in [-0.39, 0.29) is 11.8 Å². The summed E-state index contributed by atoms with van der Waals surface area (Å²) in [6, 6.07) is 13.3. The number of Topliss-reactive ketones (excluding diaryl/α,β-unsaturated/α-hetero) is 1. The van der Waals surface area contributed by atoms with Crippen LogP contribution in [0.5, 0.6) is 11.5 Å². The molecular weight excluding hydrogens is 374 g/mol. The quantitative estimate of drug-likeness (QED) is 0.566. The molecule has 0 amide bonds. The topological polar surface area (TPSA) is 61.5 Å². The van der Waals surface area contributed by atoms with Crippen LogP contribution in [0.4, 0.5) is 0 Å². The van der Waals surface area contributed by atoms with Gasteiger partial charge >= 0.3 is 0 Å². The maximum atomic E-state index is 12.1. The highest BCUT2D eigenvalue weighted by Crippen LogP contribution is 2.28. The van der Waals surface area contributed by atoms with E-state index in [0.717, 1.165) is 17.5 Å². The van der Waals surface area contributed by atoms with Crippen molar-refractivity contribution in [1.82, 2.24) is 0 Å². The molecule has 0 heterocycles. The molecule has 0 spiro atoms. The van der Waals surface area contributed by atoms with Gasteiger partial charge in [0.25, 0.3) is 0 Å². The Balaban J connectivity index is 0.00000190. The Hall–Kier alpha value is -2.30. The average Bonchev–Trinajstić information content (AvgIpc) is 2.73. The average molecular weight is 404 g/mol. The molecule has 5 heteroatoms. The van der Waals surface area contributed by atoms with E-state index in [0.29, 0.717) is 42.2 Å². The van der Waals surface area contributed by atoms with E-state index in [1.165, 1.54) is 0 Å². The number of carbonyl (C=O) groups is 1. The van der Waals surface area contributed by atoms with Crippen LogP contribution in [-0.2, 0) is 17.6 Å². The molecule has 28 heavy (non-hydrogen) atoms. The third-order valence-electron chi connectivity index (χ3n) is 4.35. The Labute approximate surface area is 173 Å². The zero-order valence-electron chi connectivity index (χ0n) is 16.7. The molecule has 2 aromatic rings. The van der Waals surface area contributed by atoms with Crippen molar-refractivity contribution in [3.63, 3.8) is 0 Å². The fraction of sp³-hybridized carbons (Fsp3) is 0.348. The second kappa shape index (κ2) is 13.0. The van der Waals surface area contributed by atoms with Gasteiger partial charge in [0.15, 0.2) is 11.5 Å². The molecule has 0 fully saturated rings. The number of methoxy groups -OCH3 is 2. The molecule has 0 saturated heterocycles. The van der Waals surface area contributed by atoms with E-state index in [2.05, 4.69) is 13.2 Å². The van der Waals surface area contributed by atoms with Crippen molar-refractivity contribution in [2.24, 2.45) is 5.73 Å². The highest BCUT2D eigenvalue weighted by molar-refractivity contribution is 6.30. The van der Waals surface area contributed by atoms with Crippen molar-refractivity contribution in [2.75, 3.05) is 14.2 Å². The van der Waals surface area contributed by atoms with Crippen LogP contribution in [0.25, 0.3) is 0 Å². The molecule has 0 aliphatic rings. The number of hydrogen-bond acceptors (Lipinski definition) is 4. The van der Waals surface area contributed by atoms with Gasteiger partial charge in [0.05, 0.1) is 14.2 Å². The van der Waals surface area contributed by atoms with Crippen LogP contribution in [0, 0.1) is 0 Å². The van der Waals surface area contributed by atoms with Gasteiger partial charge in [0.1, 0.15) is 5.78 Å². The predicted octanol–water partition coefficient (Wildman–Crippen LogP) is 5.01. The van der Waals surface area contributed by atoms with Gasteiger partial charge in [-0.2, -0.15) is 0 Å². The minimum atomic E-state index is -0.0624. The van der Waals surface area contributed by atoms with Gasteiger partial charge in [-0.15, -0.1) is 13.2 Å². The predicted molar refractivity (Wildman–Crippen MR) is 116 cm³/mol. The van der Waals surface area contributed by atoms with E-state index >= 15 is 0 Å². The molecule has 0 bridgehead atoms. The zero-order valence-corrected chi connectivity index (χ0v) is 17.5. The number of aryl methyl sites for hydroxylation is 1. The molecule has 1 unspecified atom stereocenters. The lowest BCUT2D eigenvalue weighted by Gasteiger charge is -2.13. The lowest BCUT2D eigenvalue weighted by Crippen LogP contribution is -2.24. The molecule has 1 atom stereocenters. The summed E-state index contributed by atoms with van der Waals surface area (Å²) in [5.41, 5.74) is 8.40. The van der Waals surface area contributed by atoms with Crippen LogP contribution in [0.1, 0.15) is 30.4 Å². The van der Waals surface area contributed by atoms with Crippen LogP contribution in [0.3, 0.4) is 0 Å². The molecule has 2 aromatic carbocycles. The van der Waals surface area contributed by atoms with Gasteiger partial charge in [0, 0.05) is 23.9 Å². The summed E-state index contributed by atoms with van der Waals surface area (Å²) in [5, 5.41) is 0.709. The fourth-order valence-corrected chi connectivity index (χ4v) is 2.94. The van der Waals surface area contributed by atoms with Gasteiger partial charge in [-0.3, -0.25) is 4.79 Å². The highest BCUT2D eigenvalue weighted by Gasteiger charge is 2.11.